The SMILES string of the molecule is C=CCn1c(S[C@@H](C)C(=O)N[C@@H]2CCS(=O)(=O)C2)nnc1-c1ccccc1. The number of carbonyl (C=O) groups is 1. The molecule has 7 nitrogen and oxygen atoms in total. The van der Waals surface area contributed by atoms with Gasteiger partial charge in [0.1, 0.15) is 0 Å². The number of allylic oxidation sites excluding steroid dienone is 1. The maximum Gasteiger partial charge on any atom is 0.233 e. The molecule has 0 unspecified atom stereocenters. The van der Waals surface area contributed by atoms with Crippen molar-refractivity contribution in [3.05, 3.63) is 43.0 Å². The molecule has 9 heteroatoms. The molecule has 1 amide bonds. The molecular weight excluding hydrogens is 384 g/mol. The average molecular weight is 407 g/mol. The minimum Gasteiger partial charge on any atom is -0.351 e. The number of nitrogens with one attached hydrogen (secondary N) is 1. The Kier molecular flexibility index (Phi) is 6.01. The van der Waals surface area contributed by atoms with Crippen LogP contribution in [0.2, 0.25) is 0 Å². The molecule has 1 saturated heterocycles. The van der Waals surface area contributed by atoms with Gasteiger partial charge in [-0.1, -0.05) is 48.2 Å². The molecule has 1 aromatic heterocycles. The third kappa shape index (κ3) is 4.78. The third-order valence-corrected chi connectivity index (χ3v) is 7.14. The predicted octanol–water partition coefficient (Wildman–Crippen LogP) is 1.91. The number of amides is 1. The molecule has 3 rings (SSSR count). The lowest BCUT2D eigenvalue weighted by atomic mass is 10.2. The molecule has 1 aromatic carbocycles. The number of carbonyl (C=O) groups excluding carboxylic acids is 1. The lowest BCUT2D eigenvalue weighted by Crippen LogP contribution is -2.40. The van der Waals surface area contributed by atoms with Crippen LogP contribution < -0.4 is 5.32 Å². The van der Waals surface area contributed by atoms with Crippen molar-refractivity contribution in [1.82, 2.24) is 20.1 Å². The molecule has 27 heavy (non-hydrogen) atoms. The monoisotopic (exact) mass is 406 g/mol. The smallest absolute Gasteiger partial charge is 0.233 e. The quantitative estimate of drug-likeness (QED) is 0.558. The van der Waals surface area contributed by atoms with E-state index in [2.05, 4.69) is 22.1 Å². The van der Waals surface area contributed by atoms with Gasteiger partial charge in [0.2, 0.25) is 5.91 Å². The van der Waals surface area contributed by atoms with Crippen LogP contribution in [0.3, 0.4) is 0 Å². The summed E-state index contributed by atoms with van der Waals surface area (Å²) in [6.45, 7) is 6.08. The number of hydrogen-bond donors (Lipinski definition) is 1. The van der Waals surface area contributed by atoms with Crippen LogP contribution in [0.5, 0.6) is 0 Å². The van der Waals surface area contributed by atoms with E-state index in [1.807, 2.05) is 34.9 Å². The van der Waals surface area contributed by atoms with Crippen LogP contribution in [-0.4, -0.2) is 51.9 Å². The second-order valence-electron chi connectivity index (χ2n) is 6.44. The van der Waals surface area contributed by atoms with Gasteiger partial charge in [0, 0.05) is 18.2 Å². The zero-order chi connectivity index (χ0) is 19.4. The highest BCUT2D eigenvalue weighted by molar-refractivity contribution is 8.00. The van der Waals surface area contributed by atoms with E-state index in [0.29, 0.717) is 23.9 Å². The lowest BCUT2D eigenvalue weighted by Gasteiger charge is -2.15. The van der Waals surface area contributed by atoms with Crippen molar-refractivity contribution >= 4 is 27.5 Å². The Hall–Kier alpha value is -2.13. The zero-order valence-corrected chi connectivity index (χ0v) is 16.7. The molecule has 2 heterocycles. The Bertz CT molecular complexity index is 925. The highest BCUT2D eigenvalue weighted by Crippen LogP contribution is 2.27. The fourth-order valence-corrected chi connectivity index (χ4v) is 5.45. The third-order valence-electron chi connectivity index (χ3n) is 4.29. The largest absolute Gasteiger partial charge is 0.351 e. The Morgan fingerprint density at radius 2 is 2.15 bits per heavy atom. The Morgan fingerprint density at radius 3 is 2.78 bits per heavy atom. The normalized spacial score (nSPS) is 19.5. The number of hydrogen-bond acceptors (Lipinski definition) is 6. The van der Waals surface area contributed by atoms with Crippen LogP contribution in [-0.2, 0) is 21.2 Å². The Morgan fingerprint density at radius 1 is 1.41 bits per heavy atom. The lowest BCUT2D eigenvalue weighted by molar-refractivity contribution is -0.120. The molecule has 144 valence electrons. The summed E-state index contributed by atoms with van der Waals surface area (Å²) in [6.07, 6.45) is 2.23. The van der Waals surface area contributed by atoms with Crippen molar-refractivity contribution in [1.29, 1.82) is 0 Å². The van der Waals surface area contributed by atoms with Crippen LogP contribution in [0.15, 0.2) is 48.1 Å². The molecule has 0 saturated carbocycles. The summed E-state index contributed by atoms with van der Waals surface area (Å²) in [5.74, 6) is 0.665. The Balaban J connectivity index is 1.72. The van der Waals surface area contributed by atoms with Crippen molar-refractivity contribution in [2.45, 2.75) is 36.3 Å². The second kappa shape index (κ2) is 8.26. The molecule has 0 aliphatic carbocycles. The minimum absolute atomic E-state index is 0.0148. The molecule has 1 aliphatic rings. The van der Waals surface area contributed by atoms with Crippen LogP contribution in [0.25, 0.3) is 11.4 Å². The number of rotatable bonds is 7. The summed E-state index contributed by atoms with van der Waals surface area (Å²) in [5, 5.41) is 11.5. The second-order valence-corrected chi connectivity index (χ2v) is 9.98. The molecule has 2 atom stereocenters. The van der Waals surface area contributed by atoms with Crippen LogP contribution in [0.1, 0.15) is 13.3 Å². The van der Waals surface area contributed by atoms with E-state index in [0.717, 1.165) is 5.56 Å². The van der Waals surface area contributed by atoms with E-state index in [9.17, 15) is 13.2 Å². The predicted molar refractivity (Wildman–Crippen MR) is 106 cm³/mol. The van der Waals surface area contributed by atoms with Crippen LogP contribution in [0.4, 0.5) is 0 Å². The average Bonchev–Trinajstić information content (AvgIpc) is 3.19. The first-order chi connectivity index (χ1) is 12.9. The van der Waals surface area contributed by atoms with E-state index < -0.39 is 15.1 Å². The van der Waals surface area contributed by atoms with Gasteiger partial charge in [0.25, 0.3) is 0 Å². The molecule has 1 fully saturated rings. The van der Waals surface area contributed by atoms with Gasteiger partial charge in [-0.3, -0.25) is 9.36 Å². The summed E-state index contributed by atoms with van der Waals surface area (Å²) < 4.78 is 25.0. The van der Waals surface area contributed by atoms with Gasteiger partial charge >= 0.3 is 0 Å². The zero-order valence-electron chi connectivity index (χ0n) is 15.0. The van der Waals surface area contributed by atoms with Crippen molar-refractivity contribution in [2.24, 2.45) is 0 Å². The molecule has 0 bridgehead atoms. The standard InChI is InChI=1S/C18H22N4O3S2/c1-3-10-22-16(14-7-5-4-6-8-14)20-21-18(22)26-13(2)17(23)19-15-9-11-27(24,25)12-15/h3-8,13,15H,1,9-12H2,2H3,(H,19,23)/t13-,15+/m0/s1. The van der Waals surface area contributed by atoms with Gasteiger partial charge < -0.3 is 5.32 Å². The summed E-state index contributed by atoms with van der Waals surface area (Å²) in [5.41, 5.74) is 0.937. The highest BCUT2D eigenvalue weighted by Gasteiger charge is 2.30. The van der Waals surface area contributed by atoms with Gasteiger partial charge in [-0.2, -0.15) is 0 Å². The maximum absolute atomic E-state index is 12.5. The van der Waals surface area contributed by atoms with Crippen LogP contribution in [0, 0.1) is 0 Å². The molecular formula is C18H22N4O3S2. The van der Waals surface area contributed by atoms with E-state index in [4.69, 9.17) is 0 Å². The summed E-state index contributed by atoms with van der Waals surface area (Å²) in [6, 6.07) is 9.39. The molecule has 0 spiro atoms. The summed E-state index contributed by atoms with van der Waals surface area (Å²) >= 11 is 1.30. The van der Waals surface area contributed by atoms with Crippen molar-refractivity contribution in [3.8, 4) is 11.4 Å². The minimum atomic E-state index is -3.03. The number of benzene rings is 1. The van der Waals surface area contributed by atoms with Crippen molar-refractivity contribution < 1.29 is 13.2 Å². The van der Waals surface area contributed by atoms with Gasteiger partial charge in [-0.25, -0.2) is 8.42 Å². The maximum atomic E-state index is 12.5. The highest BCUT2D eigenvalue weighted by atomic mass is 32.2. The summed E-state index contributed by atoms with van der Waals surface area (Å²) in [7, 11) is -3.03. The summed E-state index contributed by atoms with van der Waals surface area (Å²) in [4.78, 5) is 12.5. The molecule has 2 aromatic rings. The topological polar surface area (TPSA) is 94.0 Å². The first kappa shape index (κ1) is 19.6. The molecule has 1 aliphatic heterocycles. The molecule has 1 N–H and O–H groups in total. The first-order valence-corrected chi connectivity index (χ1v) is 11.4. The number of thioether (sulfide) groups is 1. The van der Waals surface area contributed by atoms with Crippen LogP contribution >= 0.6 is 11.8 Å². The number of nitrogens with zero attached hydrogens (tertiary/aromatic N) is 3. The van der Waals surface area contributed by atoms with Gasteiger partial charge in [0.05, 0.1) is 16.8 Å². The van der Waals surface area contributed by atoms with E-state index in [1.165, 1.54) is 11.8 Å². The first-order valence-electron chi connectivity index (χ1n) is 8.66. The van der Waals surface area contributed by atoms with Gasteiger partial charge in [0.15, 0.2) is 20.8 Å². The number of aromatic nitrogens is 3. The van der Waals surface area contributed by atoms with E-state index >= 15 is 0 Å². The fourth-order valence-electron chi connectivity index (χ4n) is 2.91. The van der Waals surface area contributed by atoms with E-state index in [-0.39, 0.29) is 23.5 Å². The van der Waals surface area contributed by atoms with Gasteiger partial charge in [-0.05, 0) is 13.3 Å². The van der Waals surface area contributed by atoms with Crippen molar-refractivity contribution in [3.63, 3.8) is 0 Å². The molecule has 0 radical (unpaired) electrons. The van der Waals surface area contributed by atoms with Crippen molar-refractivity contribution in [2.75, 3.05) is 11.5 Å². The van der Waals surface area contributed by atoms with Gasteiger partial charge in [-0.15, -0.1) is 16.8 Å². The number of sulfone groups is 1. The fraction of sp³-hybridized carbons (Fsp3) is 0.389. The van der Waals surface area contributed by atoms with E-state index in [1.54, 1.807) is 13.0 Å². The Labute approximate surface area is 163 Å².